The number of hydrogen-bond donors (Lipinski definition) is 2. The highest BCUT2D eigenvalue weighted by Crippen LogP contribution is 2.41. The van der Waals surface area contributed by atoms with E-state index in [1.807, 2.05) is 0 Å². The third-order valence-electron chi connectivity index (χ3n) is 6.60. The maximum Gasteiger partial charge on any atom is 0.407 e. The number of nitrogens with one attached hydrogen (secondary N) is 1. The van der Waals surface area contributed by atoms with Crippen molar-refractivity contribution in [1.29, 1.82) is 0 Å². The van der Waals surface area contributed by atoms with Crippen molar-refractivity contribution in [2.24, 2.45) is 5.73 Å². The Balaban J connectivity index is 1.45. The van der Waals surface area contributed by atoms with Gasteiger partial charge in [-0.2, -0.15) is 8.78 Å². The molecule has 4 atom stereocenters. The Kier molecular flexibility index (Phi) is 6.81. The van der Waals surface area contributed by atoms with Gasteiger partial charge in [0, 0.05) is 16.6 Å². The molecule has 2 amide bonds. The Morgan fingerprint density at radius 1 is 1.06 bits per heavy atom. The summed E-state index contributed by atoms with van der Waals surface area (Å²) in [6.07, 6.45) is 1.21. The van der Waals surface area contributed by atoms with E-state index in [1.54, 1.807) is 57.2 Å². The lowest BCUT2D eigenvalue weighted by Crippen LogP contribution is -2.55. The quantitative estimate of drug-likeness (QED) is 0.593. The lowest BCUT2D eigenvalue weighted by Gasteiger charge is -2.31. The first-order chi connectivity index (χ1) is 16.4. The second-order valence-corrected chi connectivity index (χ2v) is 10.7. The van der Waals surface area contributed by atoms with Gasteiger partial charge in [0.2, 0.25) is 5.91 Å². The van der Waals surface area contributed by atoms with Crippen molar-refractivity contribution in [3.8, 4) is 11.1 Å². The smallest absolute Gasteiger partial charge is 0.407 e. The number of alkyl halides is 2. The molecule has 2 heterocycles. The zero-order chi connectivity index (χ0) is 25.5. The van der Waals surface area contributed by atoms with Gasteiger partial charge in [0.25, 0.3) is 5.92 Å². The van der Waals surface area contributed by atoms with Gasteiger partial charge in [-0.1, -0.05) is 48.0 Å². The third kappa shape index (κ3) is 5.28. The summed E-state index contributed by atoms with van der Waals surface area (Å²) in [6, 6.07) is 9.78. The number of nitrogens with two attached hydrogens (primary N) is 1. The molecule has 35 heavy (non-hydrogen) atoms. The normalized spacial score (nSPS) is 22.7. The average molecular weight is 506 g/mol. The Bertz CT molecular complexity index is 1090. The summed E-state index contributed by atoms with van der Waals surface area (Å²) in [6.45, 7) is 5.27. The Labute approximate surface area is 208 Å². The van der Waals surface area contributed by atoms with Gasteiger partial charge in [-0.05, 0) is 63.3 Å². The number of alkyl carbamates (subject to hydrolysis) is 1. The van der Waals surface area contributed by atoms with Crippen LogP contribution in [0.1, 0.15) is 45.6 Å². The molecule has 2 fully saturated rings. The SMILES string of the molecule is CC(C)(C)OC(=O)NC1CC2CCC1N2C(=O)C(N)C(F)(F)c1ccc(-c2ccc(Cl)cc2)cc1. The van der Waals surface area contributed by atoms with E-state index in [9.17, 15) is 9.59 Å². The van der Waals surface area contributed by atoms with Crippen molar-refractivity contribution < 1.29 is 23.1 Å². The molecule has 2 aliphatic heterocycles. The molecular formula is C26H30ClF2N3O3. The van der Waals surface area contributed by atoms with E-state index in [4.69, 9.17) is 22.1 Å². The summed E-state index contributed by atoms with van der Waals surface area (Å²) >= 11 is 5.91. The molecule has 6 nitrogen and oxygen atoms in total. The van der Waals surface area contributed by atoms with Crippen LogP contribution in [0, 0.1) is 0 Å². The van der Waals surface area contributed by atoms with Crippen LogP contribution >= 0.6 is 11.6 Å². The van der Waals surface area contributed by atoms with E-state index in [-0.39, 0.29) is 23.7 Å². The van der Waals surface area contributed by atoms with E-state index in [2.05, 4.69) is 5.32 Å². The highest BCUT2D eigenvalue weighted by Gasteiger charge is 2.54. The van der Waals surface area contributed by atoms with Crippen molar-refractivity contribution in [3.05, 3.63) is 59.1 Å². The molecule has 0 spiro atoms. The van der Waals surface area contributed by atoms with Crippen LogP contribution in [-0.2, 0) is 15.5 Å². The van der Waals surface area contributed by atoms with Crippen LogP contribution in [0.15, 0.2) is 48.5 Å². The van der Waals surface area contributed by atoms with Gasteiger partial charge in [-0.25, -0.2) is 4.79 Å². The number of fused-ring (bicyclic) bond motifs is 2. The average Bonchev–Trinajstić information content (AvgIpc) is 3.35. The second kappa shape index (κ2) is 9.39. The number of carbonyl (C=O) groups excluding carboxylic acids is 2. The molecule has 2 bridgehead atoms. The van der Waals surface area contributed by atoms with E-state index >= 15 is 8.78 Å². The summed E-state index contributed by atoms with van der Waals surface area (Å²) in [7, 11) is 0. The topological polar surface area (TPSA) is 84.7 Å². The zero-order valence-corrected chi connectivity index (χ0v) is 20.7. The third-order valence-corrected chi connectivity index (χ3v) is 6.85. The zero-order valence-electron chi connectivity index (χ0n) is 19.9. The van der Waals surface area contributed by atoms with E-state index in [1.165, 1.54) is 17.0 Å². The van der Waals surface area contributed by atoms with Gasteiger partial charge in [0.15, 0.2) is 6.04 Å². The molecule has 188 valence electrons. The minimum atomic E-state index is -3.56. The van der Waals surface area contributed by atoms with Crippen LogP contribution in [0.4, 0.5) is 13.6 Å². The molecule has 0 radical (unpaired) electrons. The first-order valence-corrected chi connectivity index (χ1v) is 12.1. The number of rotatable bonds is 5. The molecule has 2 aromatic rings. The van der Waals surface area contributed by atoms with Gasteiger partial charge in [0.05, 0.1) is 12.1 Å². The van der Waals surface area contributed by atoms with Crippen LogP contribution in [0.2, 0.25) is 5.02 Å². The lowest BCUT2D eigenvalue weighted by atomic mass is 9.96. The van der Waals surface area contributed by atoms with E-state index in [0.717, 1.165) is 11.1 Å². The predicted octanol–water partition coefficient (Wildman–Crippen LogP) is 5.08. The molecule has 4 unspecified atom stereocenters. The molecule has 0 aromatic heterocycles. The Morgan fingerprint density at radius 2 is 1.63 bits per heavy atom. The van der Waals surface area contributed by atoms with Gasteiger partial charge in [0.1, 0.15) is 5.60 Å². The molecule has 2 aromatic carbocycles. The van der Waals surface area contributed by atoms with Gasteiger partial charge < -0.3 is 20.7 Å². The second-order valence-electron chi connectivity index (χ2n) is 10.2. The number of amides is 2. The maximum absolute atomic E-state index is 15.3. The van der Waals surface area contributed by atoms with Crippen molar-refractivity contribution in [3.63, 3.8) is 0 Å². The Hall–Kier alpha value is -2.71. The number of halogens is 3. The number of ether oxygens (including phenoxy) is 1. The molecule has 9 heteroatoms. The number of benzene rings is 2. The van der Waals surface area contributed by atoms with E-state index < -0.39 is 29.6 Å². The van der Waals surface area contributed by atoms with Crippen LogP contribution in [-0.4, -0.2) is 46.7 Å². The van der Waals surface area contributed by atoms with Crippen LogP contribution in [0.5, 0.6) is 0 Å². The van der Waals surface area contributed by atoms with Crippen molar-refractivity contribution >= 4 is 23.6 Å². The number of nitrogens with zero attached hydrogens (tertiary/aromatic N) is 1. The lowest BCUT2D eigenvalue weighted by molar-refractivity contribution is -0.144. The standard InChI is InChI=1S/C26H30ClF2N3O3/c1-25(2,3)35-24(34)31-20-14-19-12-13-21(20)32(19)23(33)22(30)26(28,29)17-8-4-15(5-9-17)16-6-10-18(27)11-7-16/h4-11,19-22H,12-14,30H2,1-3H3,(H,31,34). The van der Waals surface area contributed by atoms with Crippen molar-refractivity contribution in [2.75, 3.05) is 0 Å². The van der Waals surface area contributed by atoms with Gasteiger partial charge in [-0.15, -0.1) is 0 Å². The monoisotopic (exact) mass is 505 g/mol. The molecular weight excluding hydrogens is 476 g/mol. The minimum Gasteiger partial charge on any atom is -0.444 e. The van der Waals surface area contributed by atoms with Crippen molar-refractivity contribution in [2.45, 2.75) is 75.7 Å². The largest absolute Gasteiger partial charge is 0.444 e. The summed E-state index contributed by atoms with van der Waals surface area (Å²) in [5.74, 6) is -4.37. The highest BCUT2D eigenvalue weighted by molar-refractivity contribution is 6.30. The fraction of sp³-hybridized carbons (Fsp3) is 0.462. The molecule has 3 N–H and O–H groups in total. The first kappa shape index (κ1) is 25.4. The first-order valence-electron chi connectivity index (χ1n) is 11.7. The predicted molar refractivity (Wildman–Crippen MR) is 130 cm³/mol. The molecule has 0 saturated carbocycles. The number of hydrogen-bond acceptors (Lipinski definition) is 4. The summed E-state index contributed by atoms with van der Waals surface area (Å²) < 4.78 is 36.0. The van der Waals surface area contributed by atoms with E-state index in [0.29, 0.717) is 24.3 Å². The van der Waals surface area contributed by atoms with Crippen molar-refractivity contribution in [1.82, 2.24) is 10.2 Å². The Morgan fingerprint density at radius 3 is 2.20 bits per heavy atom. The highest BCUT2D eigenvalue weighted by atomic mass is 35.5. The molecule has 2 aliphatic rings. The fourth-order valence-electron chi connectivity index (χ4n) is 4.97. The molecule has 2 saturated heterocycles. The molecule has 0 aliphatic carbocycles. The summed E-state index contributed by atoms with van der Waals surface area (Å²) in [4.78, 5) is 26.8. The summed E-state index contributed by atoms with van der Waals surface area (Å²) in [5, 5.41) is 3.38. The molecule has 4 rings (SSSR count). The fourth-order valence-corrected chi connectivity index (χ4v) is 5.09. The minimum absolute atomic E-state index is 0.235. The van der Waals surface area contributed by atoms with Crippen LogP contribution < -0.4 is 11.1 Å². The maximum atomic E-state index is 15.3. The van der Waals surface area contributed by atoms with Crippen LogP contribution in [0.3, 0.4) is 0 Å². The number of carbonyl (C=O) groups is 2. The van der Waals surface area contributed by atoms with Gasteiger partial charge >= 0.3 is 6.09 Å². The van der Waals surface area contributed by atoms with Crippen LogP contribution in [0.25, 0.3) is 11.1 Å². The summed E-state index contributed by atoms with van der Waals surface area (Å²) in [5.41, 5.74) is 6.48. The van der Waals surface area contributed by atoms with Gasteiger partial charge in [-0.3, -0.25) is 4.79 Å².